The fraction of sp³-hybridized carbons (Fsp3) is 0.329. The zero-order valence-electron chi connectivity index (χ0n) is 52.2. The molecule has 4 N–H and O–H groups in total. The van der Waals surface area contributed by atoms with Crippen LogP contribution in [0.3, 0.4) is 0 Å². The standard InChI is InChI=1S/C73H80N10O5/c1-10-82-63-37-31-51(86-8)45-56(63)71(3,4)65(82)39-29-48-21-19-22-49(30-40-66-72(5,6)57-46-52(87-9)32-38-64(57)83(66)11-2)70(48)75-44-18-17-43-74-67(84)41-42-68(85)88-47-73(7)76-61-28-20-27-55-60(35-36-62(77-73)69(55)61)81-80-59-34-33-58(53-25-15-16-26-54(53)59)79-78-50-23-13-12-14-24-50/h12-16,20,23-40,45-46H,10-11,17-19,21-22,41-44,47H2,1-9H3,(H3,74,76,77,78,80,84)/p+1/b48-29+,65-39+. The number of hydrogen-bond donors (Lipinski definition) is 4. The highest BCUT2D eigenvalue weighted by molar-refractivity contribution is 6.10. The van der Waals surface area contributed by atoms with E-state index in [9.17, 15) is 9.59 Å². The van der Waals surface area contributed by atoms with Crippen LogP contribution in [0.4, 0.5) is 45.5 Å². The molecule has 0 bridgehead atoms. The molecule has 0 radical (unpaired) electrons. The summed E-state index contributed by atoms with van der Waals surface area (Å²) in [6.07, 6.45) is 13.9. The third kappa shape index (κ3) is 12.5. The number of esters is 1. The number of azo groups is 2. The average molecular weight is 1180 g/mol. The first kappa shape index (κ1) is 60.3. The fourth-order valence-electron chi connectivity index (χ4n) is 12.9. The number of carbonyl (C=O) groups is 2. The van der Waals surface area contributed by atoms with Crippen LogP contribution in [0.15, 0.2) is 201 Å². The Labute approximate surface area is 517 Å². The molecule has 1 amide bonds. The molecule has 0 spiro atoms. The molecule has 3 aliphatic heterocycles. The monoisotopic (exact) mass is 1180 g/mol. The van der Waals surface area contributed by atoms with Crippen molar-refractivity contribution in [3.05, 3.63) is 191 Å². The molecule has 1 atom stereocenters. The number of benzene rings is 7. The molecular weight excluding hydrogens is 1100 g/mol. The van der Waals surface area contributed by atoms with Crippen molar-refractivity contribution in [3.8, 4) is 11.5 Å². The van der Waals surface area contributed by atoms with E-state index in [2.05, 4.69) is 143 Å². The van der Waals surface area contributed by atoms with Gasteiger partial charge in [0.2, 0.25) is 11.6 Å². The van der Waals surface area contributed by atoms with Crippen molar-refractivity contribution in [2.45, 2.75) is 110 Å². The number of likely N-dealkylation sites (N-methyl/N-ethyl adjacent to an activating group) is 1. The summed E-state index contributed by atoms with van der Waals surface area (Å²) < 4.78 is 19.6. The summed E-state index contributed by atoms with van der Waals surface area (Å²) in [6.45, 7) is 18.6. The lowest BCUT2D eigenvalue weighted by Gasteiger charge is -2.38. The zero-order valence-corrected chi connectivity index (χ0v) is 52.2. The lowest BCUT2D eigenvalue weighted by molar-refractivity contribution is -0.433. The minimum Gasteiger partial charge on any atom is -0.497 e. The molecule has 1 unspecified atom stereocenters. The Hall–Kier alpha value is -9.37. The number of amides is 1. The molecule has 0 fully saturated rings. The van der Waals surface area contributed by atoms with Crippen LogP contribution in [-0.4, -0.2) is 74.8 Å². The number of allylic oxidation sites excluding steroid dienone is 7. The van der Waals surface area contributed by atoms with E-state index in [1.54, 1.807) is 14.2 Å². The molecule has 452 valence electrons. The number of unbranched alkanes of at least 4 members (excludes halogenated alkanes) is 1. The number of nitrogens with zero attached hydrogens (tertiary/aromatic N) is 6. The van der Waals surface area contributed by atoms with Crippen LogP contribution in [0.25, 0.3) is 21.5 Å². The maximum Gasteiger partial charge on any atom is 0.306 e. The summed E-state index contributed by atoms with van der Waals surface area (Å²) in [6, 6.07) is 44.2. The Morgan fingerprint density at radius 2 is 1.31 bits per heavy atom. The second-order valence-corrected chi connectivity index (χ2v) is 24.2. The summed E-state index contributed by atoms with van der Waals surface area (Å²) >= 11 is 0. The summed E-state index contributed by atoms with van der Waals surface area (Å²) in [5.74, 6) is 1.11. The van der Waals surface area contributed by atoms with Crippen LogP contribution in [0.5, 0.6) is 11.5 Å². The third-order valence-electron chi connectivity index (χ3n) is 17.6. The molecule has 7 aromatic carbocycles. The number of fused-ring (bicyclic) bond motifs is 3. The highest BCUT2D eigenvalue weighted by Gasteiger charge is 2.44. The smallest absolute Gasteiger partial charge is 0.306 e. The maximum absolute atomic E-state index is 13.2. The maximum atomic E-state index is 13.2. The van der Waals surface area contributed by atoms with Crippen molar-refractivity contribution in [2.75, 3.05) is 62.5 Å². The van der Waals surface area contributed by atoms with E-state index in [0.29, 0.717) is 17.9 Å². The molecule has 0 saturated heterocycles. The Morgan fingerprint density at radius 3 is 2.02 bits per heavy atom. The molecule has 1 aliphatic carbocycles. The first-order chi connectivity index (χ1) is 42.6. The quantitative estimate of drug-likeness (QED) is 0.0224. The molecule has 0 saturated carbocycles. The van der Waals surface area contributed by atoms with Gasteiger partial charge in [-0.3, -0.25) is 9.59 Å². The summed E-state index contributed by atoms with van der Waals surface area (Å²) in [7, 11) is 3.45. The van der Waals surface area contributed by atoms with Gasteiger partial charge in [0.25, 0.3) is 0 Å². The fourth-order valence-corrected chi connectivity index (χ4v) is 12.9. The normalized spacial score (nSPS) is 18.4. The van der Waals surface area contributed by atoms with Crippen molar-refractivity contribution in [1.29, 1.82) is 0 Å². The zero-order chi connectivity index (χ0) is 61.6. The van der Waals surface area contributed by atoms with Crippen molar-refractivity contribution in [1.82, 2.24) is 10.6 Å². The molecule has 7 aromatic rings. The number of carbonyl (C=O) groups excluding carboxylic acids is 2. The second-order valence-electron chi connectivity index (χ2n) is 24.2. The van der Waals surface area contributed by atoms with E-state index in [-0.39, 0.29) is 36.2 Å². The number of hydrogen-bond acceptors (Lipinski definition) is 13. The van der Waals surface area contributed by atoms with Crippen LogP contribution in [0.1, 0.15) is 105 Å². The van der Waals surface area contributed by atoms with Gasteiger partial charge in [-0.25, -0.2) is 0 Å². The predicted octanol–water partition coefficient (Wildman–Crippen LogP) is 16.9. The van der Waals surface area contributed by atoms with E-state index in [1.807, 2.05) is 104 Å². The number of methoxy groups -OCH3 is 2. The SMILES string of the molecule is CCN1/C(=C/C=C2\CCCC(/C=C/C3=[N+](CC)c4ccc(OC)cc4C3(C)C)=C2NCCCCNC(=O)CCC(=O)OCC2(C)Nc3cccc4c(N=Nc5ccc(N=Nc6ccccc6)c6ccccc56)ccc(c34)N2)C(C)(C)c2cc(OC)ccc21. The van der Waals surface area contributed by atoms with Crippen molar-refractivity contribution in [3.63, 3.8) is 0 Å². The molecule has 15 nitrogen and oxygen atoms in total. The molecular formula is C73H81N10O5+. The van der Waals surface area contributed by atoms with E-state index >= 15 is 0 Å². The van der Waals surface area contributed by atoms with E-state index in [4.69, 9.17) is 24.4 Å². The first-order valence-corrected chi connectivity index (χ1v) is 30.9. The van der Waals surface area contributed by atoms with Gasteiger partial charge in [0.1, 0.15) is 30.3 Å². The topological polar surface area (TPSA) is 166 Å². The number of rotatable bonds is 22. The molecule has 11 rings (SSSR count). The van der Waals surface area contributed by atoms with E-state index in [0.717, 1.165) is 108 Å². The van der Waals surface area contributed by atoms with Gasteiger partial charge in [-0.2, -0.15) is 9.69 Å². The molecule has 88 heavy (non-hydrogen) atoms. The lowest BCUT2D eigenvalue weighted by Crippen LogP contribution is -2.49. The van der Waals surface area contributed by atoms with Crippen LogP contribution in [0.2, 0.25) is 0 Å². The largest absolute Gasteiger partial charge is 0.497 e. The van der Waals surface area contributed by atoms with Crippen molar-refractivity contribution < 1.29 is 28.4 Å². The van der Waals surface area contributed by atoms with Gasteiger partial charge in [0, 0.05) is 99.2 Å². The van der Waals surface area contributed by atoms with E-state index < -0.39 is 11.6 Å². The average Bonchev–Trinajstić information content (AvgIpc) is 1.95. The van der Waals surface area contributed by atoms with Crippen LogP contribution in [0, 0.1) is 0 Å². The Balaban J connectivity index is 0.695. The van der Waals surface area contributed by atoms with Crippen LogP contribution < -0.4 is 35.6 Å². The van der Waals surface area contributed by atoms with Crippen LogP contribution >= 0.6 is 0 Å². The molecule has 15 heteroatoms. The molecule has 4 aliphatic rings. The van der Waals surface area contributed by atoms with Gasteiger partial charge in [-0.1, -0.05) is 80.6 Å². The highest BCUT2D eigenvalue weighted by atomic mass is 16.5. The van der Waals surface area contributed by atoms with Crippen molar-refractivity contribution in [2.24, 2.45) is 20.5 Å². The highest BCUT2D eigenvalue weighted by Crippen LogP contribution is 2.50. The van der Waals surface area contributed by atoms with Crippen LogP contribution in [-0.2, 0) is 25.2 Å². The Morgan fingerprint density at radius 1 is 0.659 bits per heavy atom. The van der Waals surface area contributed by atoms with Gasteiger partial charge in [-0.05, 0) is 162 Å². The van der Waals surface area contributed by atoms with Gasteiger partial charge in [-0.15, -0.1) is 15.3 Å². The lowest BCUT2D eigenvalue weighted by atomic mass is 9.80. The summed E-state index contributed by atoms with van der Waals surface area (Å²) in [5.41, 5.74) is 14.7. The summed E-state index contributed by atoms with van der Waals surface area (Å²) in [4.78, 5) is 28.8. The Kier molecular flexibility index (Phi) is 17.8. The minimum atomic E-state index is -0.818. The molecule has 0 aromatic heterocycles. The first-order valence-electron chi connectivity index (χ1n) is 30.9. The molecule has 3 heterocycles. The number of anilines is 3. The minimum absolute atomic E-state index is 0.0321. The van der Waals surface area contributed by atoms with Crippen molar-refractivity contribution >= 4 is 84.6 Å². The van der Waals surface area contributed by atoms with E-state index in [1.165, 1.54) is 50.8 Å². The predicted molar refractivity (Wildman–Crippen MR) is 355 cm³/mol. The second kappa shape index (κ2) is 25.9. The number of nitrogens with one attached hydrogen (secondary N) is 4. The Bertz CT molecular complexity index is 4030. The summed E-state index contributed by atoms with van der Waals surface area (Å²) in [5, 5.41) is 36.3. The van der Waals surface area contributed by atoms with Gasteiger partial charge in [0.05, 0.1) is 48.8 Å². The van der Waals surface area contributed by atoms with Gasteiger partial charge >= 0.3 is 5.97 Å². The van der Waals surface area contributed by atoms with Gasteiger partial charge < -0.3 is 40.4 Å². The third-order valence-corrected chi connectivity index (χ3v) is 17.6. The van der Waals surface area contributed by atoms with Gasteiger partial charge in [0.15, 0.2) is 5.71 Å². The number of ether oxygens (including phenoxy) is 3.